The Labute approximate surface area is 112 Å². The zero-order valence-electron chi connectivity index (χ0n) is 10.3. The lowest BCUT2D eigenvalue weighted by Gasteiger charge is -2.25. The fourth-order valence-corrected chi connectivity index (χ4v) is 2.62. The summed E-state index contributed by atoms with van der Waals surface area (Å²) in [5.74, 6) is 0.359. The van der Waals surface area contributed by atoms with Gasteiger partial charge in [-0.05, 0) is 61.9 Å². The number of aliphatic hydroxyl groups is 1. The van der Waals surface area contributed by atoms with E-state index in [2.05, 4.69) is 5.32 Å². The first kappa shape index (κ1) is 13.8. The van der Waals surface area contributed by atoms with Gasteiger partial charge in [0.2, 0.25) is 0 Å². The van der Waals surface area contributed by atoms with Crippen LogP contribution in [0.15, 0.2) is 18.2 Å². The highest BCUT2D eigenvalue weighted by Gasteiger charge is 2.18. The highest BCUT2D eigenvalue weighted by atomic mass is 35.5. The second kappa shape index (κ2) is 6.50. The van der Waals surface area contributed by atoms with Gasteiger partial charge in [-0.25, -0.2) is 4.39 Å². The van der Waals surface area contributed by atoms with Crippen LogP contribution in [0, 0.1) is 11.7 Å². The molecule has 0 aromatic heterocycles. The quantitative estimate of drug-likeness (QED) is 0.882. The van der Waals surface area contributed by atoms with Crippen molar-refractivity contribution < 1.29 is 9.50 Å². The summed E-state index contributed by atoms with van der Waals surface area (Å²) in [5, 5.41) is 13.3. The van der Waals surface area contributed by atoms with Gasteiger partial charge in [0.15, 0.2) is 0 Å². The number of nitrogens with one attached hydrogen (secondary N) is 1. The fraction of sp³-hybridized carbons (Fsp3) is 0.571. The Morgan fingerprint density at radius 3 is 2.72 bits per heavy atom. The predicted molar refractivity (Wildman–Crippen MR) is 71.1 cm³/mol. The van der Waals surface area contributed by atoms with Crippen molar-refractivity contribution in [3.8, 4) is 0 Å². The molecular formula is C14H19ClFNO. The number of aliphatic hydroxyl groups excluding tert-OH is 1. The second-order valence-corrected chi connectivity index (χ2v) is 5.45. The maximum absolute atomic E-state index is 13.1. The predicted octanol–water partition coefficient (Wildman–Crippen LogP) is 3.12. The second-order valence-electron chi connectivity index (χ2n) is 5.04. The van der Waals surface area contributed by atoms with E-state index in [0.29, 0.717) is 17.5 Å². The zero-order valence-corrected chi connectivity index (χ0v) is 11.1. The summed E-state index contributed by atoms with van der Waals surface area (Å²) >= 11 is 6.00. The third-order valence-electron chi connectivity index (χ3n) is 3.57. The summed E-state index contributed by atoms with van der Waals surface area (Å²) in [6.07, 6.45) is 3.80. The first-order valence-electron chi connectivity index (χ1n) is 6.48. The number of hydrogen-bond acceptors (Lipinski definition) is 2. The minimum Gasteiger partial charge on any atom is -0.393 e. The van der Waals surface area contributed by atoms with Gasteiger partial charge in [-0.1, -0.05) is 11.6 Å². The van der Waals surface area contributed by atoms with Crippen LogP contribution in [0.3, 0.4) is 0 Å². The molecule has 1 aliphatic rings. The van der Waals surface area contributed by atoms with E-state index >= 15 is 0 Å². The van der Waals surface area contributed by atoms with Crippen molar-refractivity contribution >= 4 is 11.6 Å². The van der Waals surface area contributed by atoms with Crippen LogP contribution < -0.4 is 5.32 Å². The molecule has 0 aliphatic heterocycles. The summed E-state index contributed by atoms with van der Waals surface area (Å²) in [6, 6.07) is 4.43. The summed E-state index contributed by atoms with van der Waals surface area (Å²) < 4.78 is 13.1. The van der Waals surface area contributed by atoms with Crippen molar-refractivity contribution in [3.05, 3.63) is 34.6 Å². The van der Waals surface area contributed by atoms with Gasteiger partial charge in [0.25, 0.3) is 0 Å². The van der Waals surface area contributed by atoms with Gasteiger partial charge >= 0.3 is 0 Å². The monoisotopic (exact) mass is 271 g/mol. The van der Waals surface area contributed by atoms with Crippen LogP contribution in [0.5, 0.6) is 0 Å². The first-order valence-corrected chi connectivity index (χ1v) is 6.85. The Kier molecular flexibility index (Phi) is 4.98. The van der Waals surface area contributed by atoms with E-state index in [1.54, 1.807) is 6.07 Å². The van der Waals surface area contributed by atoms with E-state index in [0.717, 1.165) is 37.8 Å². The van der Waals surface area contributed by atoms with Crippen molar-refractivity contribution in [2.24, 2.45) is 5.92 Å². The van der Waals surface area contributed by atoms with E-state index in [1.165, 1.54) is 12.1 Å². The summed E-state index contributed by atoms with van der Waals surface area (Å²) in [5.41, 5.74) is 0.799. The maximum Gasteiger partial charge on any atom is 0.123 e. The minimum absolute atomic E-state index is 0.112. The van der Waals surface area contributed by atoms with Gasteiger partial charge in [-0.2, -0.15) is 0 Å². The summed E-state index contributed by atoms with van der Waals surface area (Å²) in [7, 11) is 0. The number of benzene rings is 1. The van der Waals surface area contributed by atoms with Crippen LogP contribution in [-0.2, 0) is 6.54 Å². The average Bonchev–Trinajstić information content (AvgIpc) is 2.36. The van der Waals surface area contributed by atoms with E-state index in [4.69, 9.17) is 11.6 Å². The Morgan fingerprint density at radius 1 is 1.28 bits per heavy atom. The first-order chi connectivity index (χ1) is 8.65. The standard InChI is InChI=1S/C14H19ClFNO/c15-14-6-3-12(16)7-11(14)9-17-8-10-1-4-13(18)5-2-10/h3,6-7,10,13,17-18H,1-2,4-5,8-9H2. The molecule has 18 heavy (non-hydrogen) atoms. The molecule has 1 aromatic carbocycles. The van der Waals surface area contributed by atoms with E-state index in [9.17, 15) is 9.50 Å². The van der Waals surface area contributed by atoms with Crippen molar-refractivity contribution in [1.82, 2.24) is 5.32 Å². The van der Waals surface area contributed by atoms with Crippen LogP contribution in [0.25, 0.3) is 0 Å². The van der Waals surface area contributed by atoms with Crippen LogP contribution in [0.2, 0.25) is 5.02 Å². The lowest BCUT2D eigenvalue weighted by Crippen LogP contribution is -2.27. The summed E-state index contributed by atoms with van der Waals surface area (Å²) in [6.45, 7) is 1.50. The molecule has 2 nitrogen and oxygen atoms in total. The lowest BCUT2D eigenvalue weighted by molar-refractivity contribution is 0.108. The molecule has 1 aromatic rings. The molecule has 100 valence electrons. The Bertz CT molecular complexity index is 391. The fourth-order valence-electron chi connectivity index (χ4n) is 2.44. The molecule has 0 saturated heterocycles. The molecule has 0 spiro atoms. The summed E-state index contributed by atoms with van der Waals surface area (Å²) in [4.78, 5) is 0. The molecule has 1 fully saturated rings. The third kappa shape index (κ3) is 3.94. The van der Waals surface area contributed by atoms with Gasteiger partial charge in [0.1, 0.15) is 5.82 Å². The lowest BCUT2D eigenvalue weighted by atomic mass is 9.87. The Hall–Kier alpha value is -0.640. The smallest absolute Gasteiger partial charge is 0.123 e. The highest BCUT2D eigenvalue weighted by Crippen LogP contribution is 2.23. The molecule has 0 amide bonds. The van der Waals surface area contributed by atoms with Gasteiger partial charge in [0.05, 0.1) is 6.10 Å². The molecule has 0 unspecified atom stereocenters. The normalized spacial score (nSPS) is 24.2. The maximum atomic E-state index is 13.1. The topological polar surface area (TPSA) is 32.3 Å². The van der Waals surface area contributed by atoms with E-state index < -0.39 is 0 Å². The molecule has 0 atom stereocenters. The van der Waals surface area contributed by atoms with Gasteiger partial charge in [-0.15, -0.1) is 0 Å². The van der Waals surface area contributed by atoms with Crippen molar-refractivity contribution in [3.63, 3.8) is 0 Å². The molecule has 2 rings (SSSR count). The van der Waals surface area contributed by atoms with Crippen molar-refractivity contribution in [2.75, 3.05) is 6.54 Å². The third-order valence-corrected chi connectivity index (χ3v) is 3.94. The largest absolute Gasteiger partial charge is 0.393 e. The van der Waals surface area contributed by atoms with Crippen LogP contribution >= 0.6 is 11.6 Å². The van der Waals surface area contributed by atoms with Crippen LogP contribution in [0.1, 0.15) is 31.2 Å². The van der Waals surface area contributed by atoms with Crippen molar-refractivity contribution in [1.29, 1.82) is 0 Å². The van der Waals surface area contributed by atoms with Gasteiger partial charge in [-0.3, -0.25) is 0 Å². The molecule has 1 aliphatic carbocycles. The number of hydrogen-bond donors (Lipinski definition) is 2. The molecule has 0 heterocycles. The molecule has 0 bridgehead atoms. The highest BCUT2D eigenvalue weighted by molar-refractivity contribution is 6.31. The Balaban J connectivity index is 1.76. The van der Waals surface area contributed by atoms with Crippen molar-refractivity contribution in [2.45, 2.75) is 38.3 Å². The molecule has 2 N–H and O–H groups in total. The average molecular weight is 272 g/mol. The zero-order chi connectivity index (χ0) is 13.0. The SMILES string of the molecule is OC1CCC(CNCc2cc(F)ccc2Cl)CC1. The van der Waals surface area contributed by atoms with Gasteiger partial charge in [0, 0.05) is 11.6 Å². The number of rotatable bonds is 4. The van der Waals surface area contributed by atoms with Gasteiger partial charge < -0.3 is 10.4 Å². The minimum atomic E-state index is -0.253. The molecular weight excluding hydrogens is 253 g/mol. The van der Waals surface area contributed by atoms with Crippen LogP contribution in [-0.4, -0.2) is 17.8 Å². The molecule has 0 radical (unpaired) electrons. The van der Waals surface area contributed by atoms with E-state index in [-0.39, 0.29) is 11.9 Å². The number of halogens is 2. The molecule has 4 heteroatoms. The Morgan fingerprint density at radius 2 is 2.00 bits per heavy atom. The van der Waals surface area contributed by atoms with E-state index in [1.807, 2.05) is 0 Å². The molecule has 1 saturated carbocycles. The van der Waals surface area contributed by atoms with Crippen LogP contribution in [0.4, 0.5) is 4.39 Å².